The van der Waals surface area contributed by atoms with Crippen LogP contribution < -0.4 is 0 Å². The number of alkyl halides is 3. The second-order valence-electron chi connectivity index (χ2n) is 4.50. The fourth-order valence-corrected chi connectivity index (χ4v) is 2.09. The highest BCUT2D eigenvalue weighted by molar-refractivity contribution is 5.27. The third kappa shape index (κ3) is 4.51. The van der Waals surface area contributed by atoms with Gasteiger partial charge >= 0.3 is 6.18 Å². The van der Waals surface area contributed by atoms with Crippen molar-refractivity contribution in [1.29, 1.82) is 0 Å². The number of aliphatic hydroxyl groups excluding tert-OH is 1. The Bertz CT molecular complexity index is 393. The third-order valence-electron chi connectivity index (χ3n) is 3.25. The summed E-state index contributed by atoms with van der Waals surface area (Å²) in [7, 11) is 0. The molecule has 0 aliphatic rings. The van der Waals surface area contributed by atoms with Crippen LogP contribution in [0.4, 0.5) is 13.2 Å². The number of halogens is 3. The first-order valence-electron chi connectivity index (χ1n) is 6.42. The van der Waals surface area contributed by atoms with E-state index in [2.05, 4.69) is 0 Å². The normalized spacial score (nSPS) is 13.8. The molecule has 0 saturated carbocycles. The van der Waals surface area contributed by atoms with Crippen LogP contribution in [0.1, 0.15) is 37.4 Å². The van der Waals surface area contributed by atoms with E-state index in [9.17, 15) is 13.2 Å². The molecule has 0 fully saturated rings. The van der Waals surface area contributed by atoms with Crippen molar-refractivity contribution in [3.05, 3.63) is 35.4 Å². The minimum Gasteiger partial charge on any atom is -0.396 e. The monoisotopic (exact) mass is 275 g/mol. The molecule has 0 bridgehead atoms. The molecule has 0 spiro atoms. The molecule has 0 amide bonds. The maximum Gasteiger partial charge on any atom is 0.416 e. The molecule has 1 aromatic rings. The quantitative estimate of drug-likeness (QED) is 0.859. The van der Waals surface area contributed by atoms with Crippen LogP contribution in [0.15, 0.2) is 24.3 Å². The van der Waals surface area contributed by atoms with Crippen molar-refractivity contribution in [3.8, 4) is 0 Å². The summed E-state index contributed by atoms with van der Waals surface area (Å²) >= 11 is 0. The highest BCUT2D eigenvalue weighted by Crippen LogP contribution is 2.31. The van der Waals surface area contributed by atoms with E-state index in [0.29, 0.717) is 18.5 Å². The smallest absolute Gasteiger partial charge is 0.396 e. The summed E-state index contributed by atoms with van der Waals surface area (Å²) in [5, 5.41) is 8.84. The van der Waals surface area contributed by atoms with E-state index in [1.165, 1.54) is 12.1 Å². The summed E-state index contributed by atoms with van der Waals surface area (Å²) in [4.78, 5) is 2.05. The van der Waals surface area contributed by atoms with E-state index in [1.54, 1.807) is 6.07 Å². The van der Waals surface area contributed by atoms with E-state index >= 15 is 0 Å². The Morgan fingerprint density at radius 2 is 2.00 bits per heavy atom. The molecule has 1 N–H and O–H groups in total. The van der Waals surface area contributed by atoms with Crippen LogP contribution in [0.3, 0.4) is 0 Å². The van der Waals surface area contributed by atoms with Gasteiger partial charge in [-0.05, 0) is 37.6 Å². The minimum absolute atomic E-state index is 0.0891. The first-order valence-corrected chi connectivity index (χ1v) is 6.42. The molecule has 108 valence electrons. The number of hydrogen-bond acceptors (Lipinski definition) is 2. The molecule has 1 atom stereocenters. The Hall–Kier alpha value is -1.07. The van der Waals surface area contributed by atoms with Crippen molar-refractivity contribution in [2.24, 2.45) is 0 Å². The maximum absolute atomic E-state index is 12.7. The molecule has 0 saturated heterocycles. The van der Waals surface area contributed by atoms with Gasteiger partial charge in [-0.1, -0.05) is 19.1 Å². The lowest BCUT2D eigenvalue weighted by molar-refractivity contribution is -0.137. The summed E-state index contributed by atoms with van der Waals surface area (Å²) in [6.07, 6.45) is -3.69. The van der Waals surface area contributed by atoms with Crippen LogP contribution >= 0.6 is 0 Å². The second-order valence-corrected chi connectivity index (χ2v) is 4.50. The molecule has 0 aliphatic heterocycles. The first kappa shape index (κ1) is 16.0. The Morgan fingerprint density at radius 1 is 1.32 bits per heavy atom. The van der Waals surface area contributed by atoms with Gasteiger partial charge in [0.2, 0.25) is 0 Å². The number of aliphatic hydroxyl groups is 1. The van der Waals surface area contributed by atoms with Crippen LogP contribution in [0.5, 0.6) is 0 Å². The fraction of sp³-hybridized carbons (Fsp3) is 0.571. The Morgan fingerprint density at radius 3 is 2.53 bits per heavy atom. The molecular formula is C14H20F3NO. The van der Waals surface area contributed by atoms with Gasteiger partial charge < -0.3 is 5.11 Å². The van der Waals surface area contributed by atoms with Gasteiger partial charge in [-0.15, -0.1) is 0 Å². The van der Waals surface area contributed by atoms with Crippen LogP contribution in [-0.2, 0) is 6.18 Å². The second kappa shape index (κ2) is 6.91. The van der Waals surface area contributed by atoms with Crippen molar-refractivity contribution in [3.63, 3.8) is 0 Å². The highest BCUT2D eigenvalue weighted by atomic mass is 19.4. The average molecular weight is 275 g/mol. The Labute approximate surface area is 111 Å². The molecule has 0 radical (unpaired) electrons. The lowest BCUT2D eigenvalue weighted by Gasteiger charge is -2.28. The molecule has 0 aromatic heterocycles. The molecule has 0 aliphatic carbocycles. The molecule has 19 heavy (non-hydrogen) atoms. The van der Waals surface area contributed by atoms with Gasteiger partial charge in [0.05, 0.1) is 5.56 Å². The lowest BCUT2D eigenvalue weighted by Crippen LogP contribution is -2.28. The summed E-state index contributed by atoms with van der Waals surface area (Å²) in [5.74, 6) is 0. The SMILES string of the molecule is CCN(CCCO)C(C)c1cccc(C(F)(F)F)c1. The zero-order valence-electron chi connectivity index (χ0n) is 11.2. The van der Waals surface area contributed by atoms with E-state index in [1.807, 2.05) is 18.7 Å². The standard InChI is InChI=1S/C14H20F3NO/c1-3-18(8-5-9-19)11(2)12-6-4-7-13(10-12)14(15,16)17/h4,6-7,10-11,19H,3,5,8-9H2,1-2H3. The number of benzene rings is 1. The van der Waals surface area contributed by atoms with Crippen LogP contribution in [0, 0.1) is 0 Å². The van der Waals surface area contributed by atoms with Crippen molar-refractivity contribution in [2.75, 3.05) is 19.7 Å². The molecule has 5 heteroatoms. The zero-order chi connectivity index (χ0) is 14.5. The summed E-state index contributed by atoms with van der Waals surface area (Å²) in [5.41, 5.74) is 0.0321. The summed E-state index contributed by atoms with van der Waals surface area (Å²) < 4.78 is 38.0. The van der Waals surface area contributed by atoms with Crippen LogP contribution in [-0.4, -0.2) is 29.7 Å². The van der Waals surface area contributed by atoms with Gasteiger partial charge in [0, 0.05) is 19.2 Å². The maximum atomic E-state index is 12.7. The van der Waals surface area contributed by atoms with Crippen LogP contribution in [0.2, 0.25) is 0 Å². The lowest BCUT2D eigenvalue weighted by atomic mass is 10.0. The largest absolute Gasteiger partial charge is 0.416 e. The van der Waals surface area contributed by atoms with Gasteiger partial charge in [-0.25, -0.2) is 0 Å². The Kier molecular flexibility index (Phi) is 5.82. The highest BCUT2D eigenvalue weighted by Gasteiger charge is 2.31. The van der Waals surface area contributed by atoms with Gasteiger partial charge in [0.25, 0.3) is 0 Å². The fourth-order valence-electron chi connectivity index (χ4n) is 2.09. The van der Waals surface area contributed by atoms with Crippen LogP contribution in [0.25, 0.3) is 0 Å². The van der Waals surface area contributed by atoms with Gasteiger partial charge in [0.1, 0.15) is 0 Å². The van der Waals surface area contributed by atoms with Gasteiger partial charge in [-0.2, -0.15) is 13.2 Å². The predicted molar refractivity (Wildman–Crippen MR) is 68.8 cm³/mol. The topological polar surface area (TPSA) is 23.5 Å². The summed E-state index contributed by atoms with van der Waals surface area (Å²) in [6.45, 7) is 5.34. The zero-order valence-corrected chi connectivity index (χ0v) is 11.2. The summed E-state index contributed by atoms with van der Waals surface area (Å²) in [6, 6.07) is 5.33. The number of nitrogens with zero attached hydrogens (tertiary/aromatic N) is 1. The van der Waals surface area contributed by atoms with Crippen molar-refractivity contribution < 1.29 is 18.3 Å². The predicted octanol–water partition coefficient (Wildman–Crippen LogP) is 3.47. The molecule has 0 heterocycles. The Balaban J connectivity index is 2.89. The number of hydrogen-bond donors (Lipinski definition) is 1. The molecule has 1 rings (SSSR count). The van der Waals surface area contributed by atoms with E-state index in [-0.39, 0.29) is 12.6 Å². The molecule has 1 unspecified atom stereocenters. The number of rotatable bonds is 6. The van der Waals surface area contributed by atoms with Gasteiger partial charge in [0.15, 0.2) is 0 Å². The molecule has 1 aromatic carbocycles. The van der Waals surface area contributed by atoms with E-state index in [4.69, 9.17) is 5.11 Å². The van der Waals surface area contributed by atoms with E-state index < -0.39 is 11.7 Å². The van der Waals surface area contributed by atoms with E-state index in [0.717, 1.165) is 12.6 Å². The molecular weight excluding hydrogens is 255 g/mol. The molecule has 2 nitrogen and oxygen atoms in total. The van der Waals surface area contributed by atoms with Crippen molar-refractivity contribution in [1.82, 2.24) is 4.90 Å². The third-order valence-corrected chi connectivity index (χ3v) is 3.25. The van der Waals surface area contributed by atoms with Gasteiger partial charge in [-0.3, -0.25) is 4.90 Å². The van der Waals surface area contributed by atoms with Crippen molar-refractivity contribution in [2.45, 2.75) is 32.5 Å². The van der Waals surface area contributed by atoms with Crippen molar-refractivity contribution >= 4 is 0 Å². The first-order chi connectivity index (χ1) is 8.90. The average Bonchev–Trinajstić information content (AvgIpc) is 2.38. The minimum atomic E-state index is -4.31.